The van der Waals surface area contributed by atoms with Crippen LogP contribution >= 0.6 is 0 Å². The number of hydrogen-bond donors (Lipinski definition) is 2. The summed E-state index contributed by atoms with van der Waals surface area (Å²) in [6.07, 6.45) is 6.26. The zero-order chi connectivity index (χ0) is 29.8. The van der Waals surface area contributed by atoms with E-state index in [0.29, 0.717) is 23.3 Å². The number of likely N-dealkylation sites (tertiary alicyclic amines) is 1. The average molecular weight is 572 g/mol. The van der Waals surface area contributed by atoms with Crippen molar-refractivity contribution < 1.29 is 23.9 Å². The first-order valence-corrected chi connectivity index (χ1v) is 15.1. The molecule has 3 heterocycles. The van der Waals surface area contributed by atoms with Crippen LogP contribution < -0.4 is 15.4 Å². The van der Waals surface area contributed by atoms with Gasteiger partial charge < -0.3 is 25.0 Å². The van der Waals surface area contributed by atoms with Gasteiger partial charge in [-0.05, 0) is 73.1 Å². The van der Waals surface area contributed by atoms with Crippen molar-refractivity contribution in [1.29, 1.82) is 0 Å². The molecule has 1 spiro atoms. The maximum atomic E-state index is 14.4. The number of nitrogens with one attached hydrogen (secondary N) is 2. The fraction of sp³-hybridized carbons (Fsp3) is 0.500. The molecular formula is C34H41N3O5. The van der Waals surface area contributed by atoms with E-state index < -0.39 is 29.6 Å². The zero-order valence-corrected chi connectivity index (χ0v) is 25.1. The molecule has 8 nitrogen and oxygen atoms in total. The molecular weight excluding hydrogens is 530 g/mol. The van der Waals surface area contributed by atoms with Gasteiger partial charge in [-0.15, -0.1) is 0 Å². The molecule has 1 aliphatic carbocycles. The zero-order valence-electron chi connectivity index (χ0n) is 25.1. The number of carbonyl (C=O) groups is 3. The fourth-order valence-electron chi connectivity index (χ4n) is 7.73. The van der Waals surface area contributed by atoms with E-state index in [0.717, 1.165) is 36.0 Å². The average Bonchev–Trinajstić information content (AvgIpc) is 3.58. The molecule has 42 heavy (non-hydrogen) atoms. The smallest absolute Gasteiger partial charge is 0.246 e. The van der Waals surface area contributed by atoms with Gasteiger partial charge in [0.2, 0.25) is 17.7 Å². The SMILES string of the molecule is COc1cccc(CN2C(=O)[C@H]3C(C(=O)Nc4cc(C)cc(C)c4)[C@H]4C=CC3(O4)C2C(=O)NC2CCCC(C)C2C)c1. The van der Waals surface area contributed by atoms with Crippen molar-refractivity contribution in [3.63, 3.8) is 0 Å². The van der Waals surface area contributed by atoms with Crippen LogP contribution in [0.15, 0.2) is 54.6 Å². The number of fused-ring (bicyclic) bond motifs is 1. The first-order chi connectivity index (χ1) is 20.1. The van der Waals surface area contributed by atoms with Gasteiger partial charge in [0.1, 0.15) is 17.4 Å². The number of rotatable bonds is 7. The Hall–Kier alpha value is -3.65. The minimum absolute atomic E-state index is 0.0247. The predicted molar refractivity (Wildman–Crippen MR) is 160 cm³/mol. The molecule has 2 bridgehead atoms. The summed E-state index contributed by atoms with van der Waals surface area (Å²) in [5.41, 5.74) is 2.39. The minimum Gasteiger partial charge on any atom is -0.497 e. The summed E-state index contributed by atoms with van der Waals surface area (Å²) in [7, 11) is 1.60. The Kier molecular flexibility index (Phi) is 7.37. The highest BCUT2D eigenvalue weighted by atomic mass is 16.5. The number of anilines is 1. The molecule has 1 saturated carbocycles. The summed E-state index contributed by atoms with van der Waals surface area (Å²) in [4.78, 5) is 44.0. The molecule has 2 aromatic rings. The molecule has 8 heteroatoms. The van der Waals surface area contributed by atoms with E-state index in [9.17, 15) is 14.4 Å². The summed E-state index contributed by atoms with van der Waals surface area (Å²) in [5.74, 6) is -0.781. The third-order valence-electron chi connectivity index (χ3n) is 9.94. The molecule has 2 aromatic carbocycles. The predicted octanol–water partition coefficient (Wildman–Crippen LogP) is 4.54. The Morgan fingerprint density at radius 1 is 1.07 bits per heavy atom. The van der Waals surface area contributed by atoms with Crippen molar-refractivity contribution in [2.24, 2.45) is 23.7 Å². The van der Waals surface area contributed by atoms with Gasteiger partial charge in [-0.25, -0.2) is 0 Å². The molecule has 4 aliphatic rings. The molecule has 6 unspecified atom stereocenters. The molecule has 8 atom stereocenters. The Balaban J connectivity index is 1.34. The molecule has 0 aromatic heterocycles. The molecule has 3 fully saturated rings. The second kappa shape index (κ2) is 10.9. The Bertz CT molecular complexity index is 1420. The Morgan fingerprint density at radius 3 is 2.57 bits per heavy atom. The van der Waals surface area contributed by atoms with Crippen LogP contribution in [0.1, 0.15) is 49.8 Å². The number of nitrogens with zero attached hydrogens (tertiary/aromatic N) is 1. The van der Waals surface area contributed by atoms with Crippen LogP contribution in [0.3, 0.4) is 0 Å². The van der Waals surface area contributed by atoms with Crippen LogP contribution in [0.2, 0.25) is 0 Å². The Morgan fingerprint density at radius 2 is 1.83 bits per heavy atom. The lowest BCUT2D eigenvalue weighted by molar-refractivity contribution is -0.142. The van der Waals surface area contributed by atoms with Crippen molar-refractivity contribution in [2.45, 2.75) is 77.3 Å². The molecule has 2 N–H and O–H groups in total. The van der Waals surface area contributed by atoms with E-state index in [-0.39, 0.29) is 30.3 Å². The maximum absolute atomic E-state index is 14.4. The van der Waals surface area contributed by atoms with E-state index >= 15 is 0 Å². The maximum Gasteiger partial charge on any atom is 0.246 e. The first-order valence-electron chi connectivity index (χ1n) is 15.1. The highest BCUT2D eigenvalue weighted by Crippen LogP contribution is 2.55. The van der Waals surface area contributed by atoms with Gasteiger partial charge in [0.15, 0.2) is 0 Å². The van der Waals surface area contributed by atoms with E-state index in [1.807, 2.05) is 68.5 Å². The number of amides is 3. The monoisotopic (exact) mass is 571 g/mol. The lowest BCUT2D eigenvalue weighted by atomic mass is 9.73. The lowest BCUT2D eigenvalue weighted by Crippen LogP contribution is -2.57. The van der Waals surface area contributed by atoms with Gasteiger partial charge in [0.25, 0.3) is 0 Å². The summed E-state index contributed by atoms with van der Waals surface area (Å²) in [6.45, 7) is 8.59. The van der Waals surface area contributed by atoms with Crippen LogP contribution in [0.4, 0.5) is 5.69 Å². The van der Waals surface area contributed by atoms with Gasteiger partial charge in [0, 0.05) is 18.3 Å². The van der Waals surface area contributed by atoms with E-state index in [1.165, 1.54) is 0 Å². The summed E-state index contributed by atoms with van der Waals surface area (Å²) < 4.78 is 12.0. The van der Waals surface area contributed by atoms with Crippen molar-refractivity contribution in [3.05, 3.63) is 71.3 Å². The lowest BCUT2D eigenvalue weighted by Gasteiger charge is -2.38. The van der Waals surface area contributed by atoms with Crippen LogP contribution in [0.5, 0.6) is 5.75 Å². The number of methoxy groups -OCH3 is 1. The summed E-state index contributed by atoms with van der Waals surface area (Å²) in [6, 6.07) is 12.5. The first kappa shape index (κ1) is 28.5. The van der Waals surface area contributed by atoms with Gasteiger partial charge in [-0.2, -0.15) is 0 Å². The number of benzene rings is 2. The standard InChI is InChI=1S/C34H41N3O5/c1-19-14-20(2)16-24(15-19)35-31(38)28-27-12-13-34(42-27)29(28)33(40)37(18-23-9-7-10-25(17-23)41-5)30(34)32(39)36-26-11-6-8-21(3)22(26)4/h7,9-10,12-17,21-22,26-30H,6,8,11,18H2,1-5H3,(H,35,38)(H,36,39)/t21?,22?,26?,27-,28?,29-,30?,34?/m1/s1. The molecule has 222 valence electrons. The van der Waals surface area contributed by atoms with Crippen molar-refractivity contribution in [1.82, 2.24) is 10.2 Å². The quantitative estimate of drug-likeness (QED) is 0.476. The molecule has 2 saturated heterocycles. The van der Waals surface area contributed by atoms with Crippen LogP contribution in [-0.4, -0.2) is 53.5 Å². The molecule has 6 rings (SSSR count). The van der Waals surface area contributed by atoms with Crippen LogP contribution in [-0.2, 0) is 25.7 Å². The number of ether oxygens (including phenoxy) is 2. The van der Waals surface area contributed by atoms with Crippen LogP contribution in [0, 0.1) is 37.5 Å². The molecule has 3 aliphatic heterocycles. The summed E-state index contributed by atoms with van der Waals surface area (Å²) in [5, 5.41) is 6.35. The minimum atomic E-state index is -1.21. The van der Waals surface area contributed by atoms with E-state index in [4.69, 9.17) is 9.47 Å². The largest absolute Gasteiger partial charge is 0.497 e. The topological polar surface area (TPSA) is 97.0 Å². The molecule has 3 amide bonds. The van der Waals surface area contributed by atoms with Crippen molar-refractivity contribution in [2.75, 3.05) is 12.4 Å². The number of aryl methyl sites for hydroxylation is 2. The summed E-state index contributed by atoms with van der Waals surface area (Å²) >= 11 is 0. The number of carbonyl (C=O) groups excluding carboxylic acids is 3. The van der Waals surface area contributed by atoms with Crippen LogP contribution in [0.25, 0.3) is 0 Å². The van der Waals surface area contributed by atoms with Gasteiger partial charge in [-0.1, -0.05) is 57.0 Å². The van der Waals surface area contributed by atoms with Gasteiger partial charge in [-0.3, -0.25) is 14.4 Å². The van der Waals surface area contributed by atoms with Crippen molar-refractivity contribution in [3.8, 4) is 5.75 Å². The van der Waals surface area contributed by atoms with Gasteiger partial charge >= 0.3 is 0 Å². The Labute approximate surface area is 247 Å². The van der Waals surface area contributed by atoms with Crippen molar-refractivity contribution >= 4 is 23.4 Å². The van der Waals surface area contributed by atoms with Gasteiger partial charge in [0.05, 0.1) is 25.0 Å². The van der Waals surface area contributed by atoms with E-state index in [1.54, 1.807) is 12.0 Å². The second-order valence-electron chi connectivity index (χ2n) is 12.8. The number of hydrogen-bond acceptors (Lipinski definition) is 5. The normalized spacial score (nSPS) is 33.0. The van der Waals surface area contributed by atoms with E-state index in [2.05, 4.69) is 24.5 Å². The third-order valence-corrected chi connectivity index (χ3v) is 9.94. The highest BCUT2D eigenvalue weighted by molar-refractivity contribution is 6.02. The third kappa shape index (κ3) is 4.79. The molecule has 0 radical (unpaired) electrons. The fourth-order valence-corrected chi connectivity index (χ4v) is 7.73. The highest BCUT2D eigenvalue weighted by Gasteiger charge is 2.72. The second-order valence-corrected chi connectivity index (χ2v) is 12.8.